The van der Waals surface area contributed by atoms with Gasteiger partial charge in [0.15, 0.2) is 5.91 Å². The molecule has 0 heterocycles. The summed E-state index contributed by atoms with van der Waals surface area (Å²) < 4.78 is 0. The fourth-order valence-electron chi connectivity index (χ4n) is 4.42. The van der Waals surface area contributed by atoms with Gasteiger partial charge in [-0.25, -0.2) is 0 Å². The molecule has 0 fully saturated rings. The molecule has 0 radical (unpaired) electrons. The Morgan fingerprint density at radius 3 is 1.43 bits per heavy atom. The van der Waals surface area contributed by atoms with Gasteiger partial charge in [-0.05, 0) is 64.3 Å². The van der Waals surface area contributed by atoms with Crippen LogP contribution in [0, 0.1) is 20.0 Å². The molecular formula is C31H31N2OP. The van der Waals surface area contributed by atoms with Crippen LogP contribution in [0.3, 0.4) is 0 Å². The van der Waals surface area contributed by atoms with Crippen molar-refractivity contribution < 1.29 is 4.79 Å². The summed E-state index contributed by atoms with van der Waals surface area (Å²) in [5.74, 6) is -0.0615. The number of amides is 1. The fraction of sp³-hybridized carbons (Fsp3) is 0.129. The molecule has 0 aliphatic rings. The summed E-state index contributed by atoms with van der Waals surface area (Å²) in [6.45, 7) is 4.14. The Labute approximate surface area is 209 Å². The minimum absolute atomic E-state index is 0.0615. The number of benzene rings is 4. The highest BCUT2D eigenvalue weighted by Gasteiger charge is 2.49. The summed E-state index contributed by atoms with van der Waals surface area (Å²) in [7, 11) is 1.02. The predicted molar refractivity (Wildman–Crippen MR) is 150 cm³/mol. The van der Waals surface area contributed by atoms with Gasteiger partial charge in [-0.2, -0.15) is 0 Å². The lowest BCUT2D eigenvalue weighted by atomic mass is 10.1. The highest BCUT2D eigenvalue weighted by atomic mass is 31.2. The highest BCUT2D eigenvalue weighted by Crippen LogP contribution is 2.62. The topological polar surface area (TPSA) is 32.3 Å². The van der Waals surface area contributed by atoms with Crippen molar-refractivity contribution >= 4 is 34.8 Å². The van der Waals surface area contributed by atoms with E-state index in [2.05, 4.69) is 73.9 Å². The normalized spacial score (nSPS) is 11.7. The Bertz CT molecular complexity index is 1200. The minimum Gasteiger partial charge on any atom is -0.464 e. The van der Waals surface area contributed by atoms with Crippen LogP contribution < -0.4 is 21.2 Å². The van der Waals surface area contributed by atoms with E-state index in [0.717, 1.165) is 32.7 Å². The molecule has 176 valence electrons. The second-order valence-corrected chi connectivity index (χ2v) is 12.1. The molecule has 4 aromatic rings. The Hall–Kier alpha value is -3.68. The average Bonchev–Trinajstić information content (AvgIpc) is 2.89. The molecule has 1 N–H and O–H groups in total. The van der Waals surface area contributed by atoms with Crippen molar-refractivity contribution in [1.82, 2.24) is 4.90 Å². The molecule has 0 aliphatic heterocycles. The number of hydrogen-bond acceptors (Lipinski definition) is 2. The quantitative estimate of drug-likeness (QED) is 0.166. The van der Waals surface area contributed by atoms with Crippen LogP contribution in [-0.2, 0) is 4.79 Å². The predicted octanol–water partition coefficient (Wildman–Crippen LogP) is 5.44. The van der Waals surface area contributed by atoms with Crippen molar-refractivity contribution in [2.75, 3.05) is 19.4 Å². The van der Waals surface area contributed by atoms with Crippen LogP contribution in [0.2, 0.25) is 0 Å². The van der Waals surface area contributed by atoms with Gasteiger partial charge in [-0.15, -0.1) is 0 Å². The van der Waals surface area contributed by atoms with Crippen molar-refractivity contribution in [2.24, 2.45) is 0 Å². The molecule has 0 atom stereocenters. The van der Waals surface area contributed by atoms with E-state index in [4.69, 9.17) is 0 Å². The molecule has 3 nitrogen and oxygen atoms in total. The van der Waals surface area contributed by atoms with Gasteiger partial charge in [0, 0.05) is 0 Å². The number of carbonyl (C=O) groups excluding carboxylic acids is 1. The molecule has 0 saturated carbocycles. The van der Waals surface area contributed by atoms with E-state index in [9.17, 15) is 4.79 Å². The van der Waals surface area contributed by atoms with Gasteiger partial charge in [-0.3, -0.25) is 0 Å². The molecule has 0 saturated heterocycles. The fourth-order valence-corrected chi connectivity index (χ4v) is 8.65. The molecule has 4 aromatic carbocycles. The zero-order valence-electron chi connectivity index (χ0n) is 20.7. The van der Waals surface area contributed by atoms with Gasteiger partial charge in [0.25, 0.3) is 0 Å². The first-order valence-electron chi connectivity index (χ1n) is 11.7. The summed E-state index contributed by atoms with van der Waals surface area (Å²) in [5, 5.41) is 7.39. The highest BCUT2D eigenvalue weighted by molar-refractivity contribution is 7.99. The van der Waals surface area contributed by atoms with Crippen molar-refractivity contribution in [2.45, 2.75) is 13.8 Å². The third-order valence-corrected chi connectivity index (χ3v) is 10.4. The third kappa shape index (κ3) is 4.78. The van der Waals surface area contributed by atoms with Gasteiger partial charge in [-0.1, -0.05) is 95.8 Å². The van der Waals surface area contributed by atoms with Crippen molar-refractivity contribution in [3.05, 3.63) is 132 Å². The molecule has 4 heteroatoms. The maximum Gasteiger partial charge on any atom is 0.186 e. The van der Waals surface area contributed by atoms with Crippen LogP contribution in [-0.4, -0.2) is 24.9 Å². The summed E-state index contributed by atoms with van der Waals surface area (Å²) in [6.07, 6.45) is 3.46. The molecule has 0 bridgehead atoms. The van der Waals surface area contributed by atoms with E-state index in [1.807, 2.05) is 60.7 Å². The van der Waals surface area contributed by atoms with E-state index in [-0.39, 0.29) is 5.91 Å². The Morgan fingerprint density at radius 1 is 0.657 bits per heavy atom. The number of likely N-dealkylation sites (N-methyl/N-ethyl adjacent to an activating group) is 1. The van der Waals surface area contributed by atoms with Gasteiger partial charge in [0.05, 0.1) is 5.31 Å². The van der Waals surface area contributed by atoms with Crippen molar-refractivity contribution in [3.8, 4) is 0 Å². The van der Waals surface area contributed by atoms with E-state index in [1.165, 1.54) is 0 Å². The first kappa shape index (κ1) is 24.4. The standard InChI is InChI=1S/C31H31N2OP/c1-24-15-14-16-25(2)30(24)32-23-29(31(34)33(3)4)35(26-17-8-5-9-18-26,27-19-10-6-11-20-27)28-21-12-7-13-22-28/h5-22,32H,1-4H3. The Morgan fingerprint density at radius 2 is 1.06 bits per heavy atom. The van der Waals surface area contributed by atoms with Crippen LogP contribution in [0.1, 0.15) is 11.1 Å². The Kier molecular flexibility index (Phi) is 7.48. The summed E-state index contributed by atoms with van der Waals surface area (Å²) >= 11 is 0. The maximum atomic E-state index is 14.0. The van der Waals surface area contributed by atoms with E-state index < -0.39 is 7.26 Å². The van der Waals surface area contributed by atoms with Crippen LogP contribution in [0.4, 0.5) is 5.69 Å². The maximum absolute atomic E-state index is 14.0. The second-order valence-electron chi connectivity index (χ2n) is 8.74. The van der Waals surface area contributed by atoms with Crippen LogP contribution >= 0.6 is 7.26 Å². The molecule has 0 aromatic heterocycles. The number of rotatable bonds is 7. The SMILES string of the molecule is Cc1cccc(C)c1N[C-]=C(C(=O)N(C)C)[P+](c1ccccc1)(c1ccccc1)c1ccccc1. The first-order valence-corrected chi connectivity index (χ1v) is 13.5. The average molecular weight is 479 g/mol. The summed E-state index contributed by atoms with van der Waals surface area (Å²) in [4.78, 5) is 15.7. The third-order valence-electron chi connectivity index (χ3n) is 6.16. The smallest absolute Gasteiger partial charge is 0.186 e. The molecule has 0 aliphatic carbocycles. The zero-order chi connectivity index (χ0) is 24.8. The zero-order valence-corrected chi connectivity index (χ0v) is 21.6. The van der Waals surface area contributed by atoms with Crippen molar-refractivity contribution in [1.29, 1.82) is 0 Å². The first-order chi connectivity index (χ1) is 17.0. The van der Waals surface area contributed by atoms with E-state index in [1.54, 1.807) is 19.0 Å². The lowest BCUT2D eigenvalue weighted by molar-refractivity contribution is -0.124. The lowest BCUT2D eigenvalue weighted by Gasteiger charge is -2.34. The minimum atomic E-state index is -2.59. The number of para-hydroxylation sites is 1. The second kappa shape index (κ2) is 10.7. The molecule has 4 rings (SSSR count). The molecule has 0 unspecified atom stereocenters. The monoisotopic (exact) mass is 478 g/mol. The number of hydrogen-bond donors (Lipinski definition) is 1. The molecular weight excluding hydrogens is 447 g/mol. The number of nitrogens with one attached hydrogen (secondary N) is 1. The Balaban J connectivity index is 2.09. The van der Waals surface area contributed by atoms with E-state index >= 15 is 0 Å². The summed E-state index contributed by atoms with van der Waals surface area (Å²) in [5.41, 5.74) is 3.19. The number of carbonyl (C=O) groups is 1. The van der Waals surface area contributed by atoms with Gasteiger partial charge < -0.3 is 15.0 Å². The van der Waals surface area contributed by atoms with Gasteiger partial charge in [0.1, 0.15) is 23.2 Å². The number of aryl methyl sites for hydroxylation is 2. The van der Waals surface area contributed by atoms with Crippen LogP contribution in [0.5, 0.6) is 0 Å². The van der Waals surface area contributed by atoms with Crippen molar-refractivity contribution in [3.63, 3.8) is 0 Å². The lowest BCUT2D eigenvalue weighted by Crippen LogP contribution is -2.38. The number of anilines is 1. The van der Waals surface area contributed by atoms with Crippen LogP contribution in [0.25, 0.3) is 0 Å². The van der Waals surface area contributed by atoms with Gasteiger partial charge >= 0.3 is 0 Å². The largest absolute Gasteiger partial charge is 0.464 e. The molecule has 35 heavy (non-hydrogen) atoms. The van der Waals surface area contributed by atoms with Crippen LogP contribution in [0.15, 0.2) is 115 Å². The van der Waals surface area contributed by atoms with E-state index in [0.29, 0.717) is 5.31 Å². The molecule has 0 spiro atoms. The van der Waals surface area contributed by atoms with Gasteiger partial charge in [0.2, 0.25) is 0 Å². The molecule has 1 amide bonds. The summed E-state index contributed by atoms with van der Waals surface area (Å²) in [6, 6.07) is 37.3. The number of nitrogens with zero attached hydrogens (tertiary/aromatic N) is 1.